The van der Waals surface area contributed by atoms with Gasteiger partial charge in [0, 0.05) is 19.3 Å². The molecule has 1 unspecified atom stereocenters. The zero-order valence-electron chi connectivity index (χ0n) is 13.9. The van der Waals surface area contributed by atoms with Gasteiger partial charge >= 0.3 is 15.3 Å². The van der Waals surface area contributed by atoms with E-state index in [1.165, 1.54) is 31.8 Å². The van der Waals surface area contributed by atoms with Crippen molar-refractivity contribution < 1.29 is 18.4 Å². The molecule has 0 rings (SSSR count). The lowest BCUT2D eigenvalue weighted by molar-refractivity contribution is -0.142. The first-order valence-corrected chi connectivity index (χ1v) is 9.60. The molecule has 0 bridgehead atoms. The maximum atomic E-state index is 11.0. The monoisotopic (exact) mass is 315 g/mol. The summed E-state index contributed by atoms with van der Waals surface area (Å²) in [5.74, 6) is -0.330. The van der Waals surface area contributed by atoms with Crippen molar-refractivity contribution in [2.45, 2.75) is 71.4 Å². The number of ether oxygens (including phenoxy) is 1. The van der Waals surface area contributed by atoms with Crippen LogP contribution >= 0.6 is 0 Å². The maximum Gasteiger partial charge on any atom is 0.384 e. The molecule has 0 saturated carbocycles. The third kappa shape index (κ3) is 12.8. The van der Waals surface area contributed by atoms with Crippen LogP contribution in [-0.4, -0.2) is 34.6 Å². The lowest BCUT2D eigenvalue weighted by atomic mass is 10.1. The van der Waals surface area contributed by atoms with Crippen molar-refractivity contribution in [3.63, 3.8) is 0 Å². The smallest absolute Gasteiger partial charge is 0.384 e. The fraction of sp³-hybridized carbons (Fsp3) is 0.812. The topological polar surface area (TPSA) is 44.8 Å². The number of carbonyl (C=O) groups excluding carboxylic acids is 1. The second kappa shape index (κ2) is 14.3. The van der Waals surface area contributed by atoms with Gasteiger partial charge in [0.1, 0.15) is 0 Å². The number of carbonyl (C=O) groups is 1. The molecule has 123 valence electrons. The van der Waals surface area contributed by atoms with Gasteiger partial charge in [0.05, 0.1) is 6.10 Å². The predicted molar refractivity (Wildman–Crippen MR) is 87.3 cm³/mol. The summed E-state index contributed by atoms with van der Waals surface area (Å²) < 4.78 is 16.4. The minimum atomic E-state index is -1.04. The predicted octanol–water partition coefficient (Wildman–Crippen LogP) is 4.01. The van der Waals surface area contributed by atoms with Crippen molar-refractivity contribution in [2.24, 2.45) is 0 Å². The summed E-state index contributed by atoms with van der Waals surface area (Å²) in [6.45, 7) is 10.8. The van der Waals surface area contributed by atoms with Crippen LogP contribution in [0.3, 0.4) is 0 Å². The quantitative estimate of drug-likeness (QED) is 0.210. The summed E-state index contributed by atoms with van der Waals surface area (Å²) in [6, 6.07) is 1.07. The third-order valence-electron chi connectivity index (χ3n) is 3.09. The van der Waals surface area contributed by atoms with Crippen LogP contribution in [0.1, 0.15) is 59.3 Å². The van der Waals surface area contributed by atoms with Gasteiger partial charge in [-0.15, -0.1) is 0 Å². The van der Waals surface area contributed by atoms with Gasteiger partial charge in [0.15, 0.2) is 0 Å². The Balaban J connectivity index is 3.46. The van der Waals surface area contributed by atoms with Crippen LogP contribution in [0, 0.1) is 0 Å². The van der Waals surface area contributed by atoms with Crippen LogP contribution in [-0.2, 0) is 18.4 Å². The van der Waals surface area contributed by atoms with E-state index in [-0.39, 0.29) is 12.1 Å². The number of esters is 1. The van der Waals surface area contributed by atoms with Crippen molar-refractivity contribution in [3.05, 3.63) is 12.7 Å². The van der Waals surface area contributed by atoms with Gasteiger partial charge in [-0.25, -0.2) is 4.79 Å². The molecule has 1 atom stereocenters. The second-order valence-electron chi connectivity index (χ2n) is 5.00. The number of unbranched alkanes of at least 4 members (excludes halogenated alkanes) is 4. The van der Waals surface area contributed by atoms with Gasteiger partial charge in [-0.3, -0.25) is 0 Å². The molecule has 0 heterocycles. The largest absolute Gasteiger partial charge is 0.460 e. The van der Waals surface area contributed by atoms with Crippen LogP contribution < -0.4 is 0 Å². The van der Waals surface area contributed by atoms with Crippen LogP contribution in [0.15, 0.2) is 12.7 Å². The van der Waals surface area contributed by atoms with E-state index in [2.05, 4.69) is 6.58 Å². The van der Waals surface area contributed by atoms with Crippen LogP contribution in [0.4, 0.5) is 0 Å². The molecule has 0 aliphatic heterocycles. The molecule has 1 radical (unpaired) electrons. The number of hydrogen-bond acceptors (Lipinski definition) is 4. The minimum absolute atomic E-state index is 0.0128. The molecule has 0 saturated heterocycles. The SMILES string of the molecule is C=CC(=O)OC(C)CCCCCCC[Si](OCC)OCC. The van der Waals surface area contributed by atoms with Gasteiger partial charge in [-0.1, -0.05) is 32.3 Å². The Morgan fingerprint density at radius 2 is 1.67 bits per heavy atom. The minimum Gasteiger partial charge on any atom is -0.460 e. The zero-order chi connectivity index (χ0) is 15.9. The first-order valence-electron chi connectivity index (χ1n) is 8.08. The molecule has 0 aromatic heterocycles. The lowest BCUT2D eigenvalue weighted by Crippen LogP contribution is -2.22. The average molecular weight is 316 g/mol. The highest BCUT2D eigenvalue weighted by molar-refractivity contribution is 6.44. The van der Waals surface area contributed by atoms with Crippen molar-refractivity contribution >= 4 is 15.3 Å². The van der Waals surface area contributed by atoms with Gasteiger partial charge in [-0.05, 0) is 39.7 Å². The van der Waals surface area contributed by atoms with E-state index in [0.717, 1.165) is 32.1 Å². The van der Waals surface area contributed by atoms with E-state index in [0.29, 0.717) is 0 Å². The fourth-order valence-corrected chi connectivity index (χ4v) is 3.60. The molecule has 0 aliphatic rings. The second-order valence-corrected chi connectivity index (χ2v) is 6.82. The molecular formula is C16H31O4Si. The van der Waals surface area contributed by atoms with E-state index in [4.69, 9.17) is 13.6 Å². The summed E-state index contributed by atoms with van der Waals surface area (Å²) in [6.07, 6.45) is 8.02. The first-order chi connectivity index (χ1) is 10.1. The zero-order valence-corrected chi connectivity index (χ0v) is 14.9. The Kier molecular flexibility index (Phi) is 13.8. The molecule has 21 heavy (non-hydrogen) atoms. The summed E-state index contributed by atoms with van der Waals surface area (Å²) in [5.41, 5.74) is 0. The van der Waals surface area contributed by atoms with Gasteiger partial charge < -0.3 is 13.6 Å². The molecule has 0 N–H and O–H groups in total. The molecule has 4 nitrogen and oxygen atoms in total. The first kappa shape index (κ1) is 20.3. The Labute approximate surface area is 131 Å². The standard InChI is InChI=1S/C16H31O4Si/c1-5-16(17)20-15(4)13-11-9-8-10-12-14-21(18-6-2)19-7-3/h5,15H,1,6-14H2,2-4H3. The van der Waals surface area contributed by atoms with Crippen molar-refractivity contribution in [2.75, 3.05) is 13.2 Å². The van der Waals surface area contributed by atoms with E-state index in [1.54, 1.807) is 0 Å². The summed E-state index contributed by atoms with van der Waals surface area (Å²) in [5, 5.41) is 0. The maximum absolute atomic E-state index is 11.0. The highest BCUT2D eigenvalue weighted by atomic mass is 28.3. The Morgan fingerprint density at radius 1 is 1.10 bits per heavy atom. The molecular weight excluding hydrogens is 284 g/mol. The van der Waals surface area contributed by atoms with Crippen molar-refractivity contribution in [3.8, 4) is 0 Å². The third-order valence-corrected chi connectivity index (χ3v) is 5.07. The van der Waals surface area contributed by atoms with E-state index >= 15 is 0 Å². The molecule has 0 fully saturated rings. The van der Waals surface area contributed by atoms with Gasteiger partial charge in [-0.2, -0.15) is 0 Å². The van der Waals surface area contributed by atoms with E-state index in [9.17, 15) is 4.79 Å². The van der Waals surface area contributed by atoms with Crippen LogP contribution in [0.5, 0.6) is 0 Å². The van der Waals surface area contributed by atoms with Crippen LogP contribution in [0.25, 0.3) is 0 Å². The number of hydrogen-bond donors (Lipinski definition) is 0. The van der Waals surface area contributed by atoms with E-state index in [1.807, 2.05) is 20.8 Å². The highest BCUT2D eigenvalue weighted by Gasteiger charge is 2.13. The molecule has 0 amide bonds. The van der Waals surface area contributed by atoms with Gasteiger partial charge in [0.25, 0.3) is 0 Å². The highest BCUT2D eigenvalue weighted by Crippen LogP contribution is 2.12. The Morgan fingerprint density at radius 3 is 2.24 bits per heavy atom. The van der Waals surface area contributed by atoms with Gasteiger partial charge in [0.2, 0.25) is 0 Å². The lowest BCUT2D eigenvalue weighted by Gasteiger charge is -2.13. The van der Waals surface area contributed by atoms with Crippen LogP contribution in [0.2, 0.25) is 6.04 Å². The van der Waals surface area contributed by atoms with Crippen molar-refractivity contribution in [1.29, 1.82) is 0 Å². The molecule has 0 aliphatic carbocycles. The van der Waals surface area contributed by atoms with Crippen molar-refractivity contribution in [1.82, 2.24) is 0 Å². The normalized spacial score (nSPS) is 12.4. The average Bonchev–Trinajstić information content (AvgIpc) is 2.46. The molecule has 0 aromatic carbocycles. The van der Waals surface area contributed by atoms with E-state index < -0.39 is 9.28 Å². The molecule has 0 aromatic rings. The summed E-state index contributed by atoms with van der Waals surface area (Å²) in [7, 11) is -1.04. The molecule has 5 heteroatoms. The summed E-state index contributed by atoms with van der Waals surface area (Å²) in [4.78, 5) is 11.0. The Bertz CT molecular complexity index is 265. The molecule has 0 spiro atoms. The number of rotatable bonds is 14. The summed E-state index contributed by atoms with van der Waals surface area (Å²) >= 11 is 0. The fourth-order valence-electron chi connectivity index (χ4n) is 2.04. The Hall–Kier alpha value is -0.653.